The maximum atomic E-state index is 13.6. The van der Waals surface area contributed by atoms with E-state index < -0.39 is 17.7 Å². The first-order valence-electron chi connectivity index (χ1n) is 28.0. The first-order chi connectivity index (χ1) is 38.2. The van der Waals surface area contributed by atoms with Crippen LogP contribution in [0.2, 0.25) is 0 Å². The summed E-state index contributed by atoms with van der Waals surface area (Å²) in [5.41, 5.74) is 9.93. The molecule has 0 spiro atoms. The summed E-state index contributed by atoms with van der Waals surface area (Å²) in [5, 5.41) is 45.8. The topological polar surface area (TPSA) is 126 Å². The van der Waals surface area contributed by atoms with Gasteiger partial charge in [-0.2, -0.15) is 15.3 Å². The highest BCUT2D eigenvalue weighted by Crippen LogP contribution is 2.38. The van der Waals surface area contributed by atoms with Gasteiger partial charge >= 0.3 is 0 Å². The number of halogens is 5. The van der Waals surface area contributed by atoms with Gasteiger partial charge in [0, 0.05) is 38.4 Å². The van der Waals surface area contributed by atoms with Crippen molar-refractivity contribution in [3.05, 3.63) is 195 Å². The van der Waals surface area contributed by atoms with Crippen molar-refractivity contribution in [2.24, 2.45) is 0 Å². The molecule has 0 aliphatic heterocycles. The number of fused-ring (bicyclic) bond motifs is 4. The third-order valence-electron chi connectivity index (χ3n) is 13.9. The van der Waals surface area contributed by atoms with Crippen LogP contribution in [0.5, 0.6) is 11.5 Å². The van der Waals surface area contributed by atoms with Gasteiger partial charge < -0.3 is 10.2 Å². The van der Waals surface area contributed by atoms with E-state index in [0.29, 0.717) is 16.9 Å². The highest BCUT2D eigenvalue weighted by atomic mass is 19.3. The number of aromatic hydroxyl groups is 2. The van der Waals surface area contributed by atoms with Gasteiger partial charge in [0.1, 0.15) is 29.0 Å². The van der Waals surface area contributed by atoms with Crippen LogP contribution in [0.15, 0.2) is 128 Å². The summed E-state index contributed by atoms with van der Waals surface area (Å²) < 4.78 is 65.3. The molecule has 0 radical (unpaired) electrons. The van der Waals surface area contributed by atoms with Gasteiger partial charge in [0.15, 0.2) is 0 Å². The molecule has 0 atom stereocenters. The number of phenolic OH excluding ortho intramolecular Hbond substituents is 2. The van der Waals surface area contributed by atoms with Crippen molar-refractivity contribution in [3.63, 3.8) is 0 Å². The summed E-state index contributed by atoms with van der Waals surface area (Å²) in [4.78, 5) is 0. The predicted octanol–water partition coefficient (Wildman–Crippen LogP) is 20.1. The van der Waals surface area contributed by atoms with Crippen molar-refractivity contribution in [2.45, 2.75) is 177 Å². The Morgan fingerprint density at radius 2 is 0.855 bits per heavy atom. The van der Waals surface area contributed by atoms with Crippen molar-refractivity contribution in [3.8, 4) is 11.5 Å². The van der Waals surface area contributed by atoms with Gasteiger partial charge in [-0.3, -0.25) is 15.3 Å². The van der Waals surface area contributed by atoms with E-state index >= 15 is 0 Å². The van der Waals surface area contributed by atoms with E-state index in [-0.39, 0.29) is 55.6 Å². The number of nitrogens with zero attached hydrogens (tertiary/aromatic N) is 3. The van der Waals surface area contributed by atoms with Crippen LogP contribution in [-0.2, 0) is 32.5 Å². The Morgan fingerprint density at radius 3 is 1.35 bits per heavy atom. The molecule has 3 heterocycles. The van der Waals surface area contributed by atoms with Crippen molar-refractivity contribution in [1.82, 2.24) is 30.6 Å². The fraction of sp³-hybridized carbons (Fsp3) is 0.386. The van der Waals surface area contributed by atoms with E-state index in [0.717, 1.165) is 21.8 Å². The van der Waals surface area contributed by atoms with Crippen LogP contribution in [0, 0.1) is 31.3 Å². The SMILES string of the molecule is CC(C)(C)c1c(F)ccc2cn[nH]c12.CC(C)(C)c1c(F)cccc1C(F)F.CC(C)(C)c1c(O)cccc1F.CC(C)(C)c1cc(O)cc2ccccc12.Cc1ccc2[nH]ncc2c1C(C)(C)C.Cc1ccc2cn[nH]c2c1C(C)(C)C. The molecule has 8 nitrogen and oxygen atoms in total. The normalized spacial score (nSPS) is 12.1. The van der Waals surface area contributed by atoms with Gasteiger partial charge in [0.2, 0.25) is 0 Å². The zero-order valence-electron chi connectivity index (χ0n) is 52.3. The van der Waals surface area contributed by atoms with E-state index in [2.05, 4.69) is 137 Å². The molecule has 7 aromatic carbocycles. The molecule has 0 unspecified atom stereocenters. The maximum absolute atomic E-state index is 13.6. The van der Waals surface area contributed by atoms with Gasteiger partial charge in [-0.05, 0) is 133 Å². The van der Waals surface area contributed by atoms with Gasteiger partial charge in [0.05, 0.1) is 35.1 Å². The molecule has 13 heteroatoms. The summed E-state index contributed by atoms with van der Waals surface area (Å²) in [7, 11) is 0. The maximum Gasteiger partial charge on any atom is 0.264 e. The molecule has 0 aliphatic rings. The lowest BCUT2D eigenvalue weighted by Crippen LogP contribution is -2.16. The second-order valence-electron chi connectivity index (χ2n) is 27.3. The fourth-order valence-corrected chi connectivity index (χ4v) is 10.6. The number of aryl methyl sites for hydroxylation is 2. The lowest BCUT2D eigenvalue weighted by molar-refractivity contribution is 0.148. The molecule has 5 N–H and O–H groups in total. The molecule has 10 aromatic rings. The van der Waals surface area contributed by atoms with E-state index in [1.807, 2.05) is 84.3 Å². The summed E-state index contributed by atoms with van der Waals surface area (Å²) in [6, 6.07) is 31.8. The van der Waals surface area contributed by atoms with Gasteiger partial charge in [-0.25, -0.2) is 22.0 Å². The molecular formula is C70H87F5N6O2. The predicted molar refractivity (Wildman–Crippen MR) is 335 cm³/mol. The molecule has 83 heavy (non-hydrogen) atoms. The quantitative estimate of drug-likeness (QED) is 0.105. The molecule has 0 saturated heterocycles. The van der Waals surface area contributed by atoms with E-state index in [9.17, 15) is 32.2 Å². The van der Waals surface area contributed by atoms with E-state index in [1.165, 1.54) is 92.0 Å². The van der Waals surface area contributed by atoms with Crippen LogP contribution in [0.3, 0.4) is 0 Å². The summed E-state index contributed by atoms with van der Waals surface area (Å²) in [6.07, 6.45) is 2.89. The smallest absolute Gasteiger partial charge is 0.264 e. The van der Waals surface area contributed by atoms with Crippen LogP contribution in [0.4, 0.5) is 22.0 Å². The Morgan fingerprint density at radius 1 is 0.398 bits per heavy atom. The Labute approximate surface area is 488 Å². The van der Waals surface area contributed by atoms with Crippen LogP contribution in [0.1, 0.15) is 181 Å². The molecule has 0 fully saturated rings. The summed E-state index contributed by atoms with van der Waals surface area (Å²) in [6.45, 7) is 40.9. The van der Waals surface area contributed by atoms with Crippen molar-refractivity contribution < 1.29 is 32.2 Å². The minimum absolute atomic E-state index is 0.0301. The molecule has 0 aliphatic carbocycles. The number of phenols is 2. The van der Waals surface area contributed by atoms with Crippen molar-refractivity contribution in [1.29, 1.82) is 0 Å². The lowest BCUT2D eigenvalue weighted by atomic mass is 9.82. The number of hydrogen-bond acceptors (Lipinski definition) is 5. The number of alkyl halides is 2. The van der Waals surface area contributed by atoms with Gasteiger partial charge in [-0.15, -0.1) is 0 Å². The summed E-state index contributed by atoms with van der Waals surface area (Å²) >= 11 is 0. The van der Waals surface area contributed by atoms with Crippen molar-refractivity contribution >= 4 is 43.5 Å². The number of benzene rings is 7. The fourth-order valence-electron chi connectivity index (χ4n) is 10.6. The molecule has 0 amide bonds. The monoisotopic (exact) mass is 1140 g/mol. The molecular weight excluding hydrogens is 1050 g/mol. The molecule has 3 aromatic heterocycles. The number of rotatable bonds is 1. The van der Waals surface area contributed by atoms with Gasteiger partial charge in [-0.1, -0.05) is 185 Å². The van der Waals surface area contributed by atoms with Crippen LogP contribution < -0.4 is 0 Å². The Kier molecular flexibility index (Phi) is 20.7. The zero-order valence-corrected chi connectivity index (χ0v) is 52.3. The number of aromatic nitrogens is 6. The number of aromatic amines is 3. The molecule has 10 rings (SSSR count). The minimum atomic E-state index is -2.63. The van der Waals surface area contributed by atoms with Gasteiger partial charge in [0.25, 0.3) is 6.43 Å². The highest BCUT2D eigenvalue weighted by Gasteiger charge is 2.27. The van der Waals surface area contributed by atoms with E-state index in [1.54, 1.807) is 33.0 Å². The zero-order chi connectivity index (χ0) is 62.4. The van der Waals surface area contributed by atoms with Crippen molar-refractivity contribution in [2.75, 3.05) is 0 Å². The number of H-pyrrole nitrogens is 3. The molecule has 0 bridgehead atoms. The Bertz CT molecular complexity index is 3540. The standard InChI is InChI=1S/C14H16O.2C12H16N2.C11H13F3.C11H13FN2.C10H13FO/c1-14(2,3)13-9-11(15)8-10-6-4-5-7-12(10)13;1-8-5-6-10-9(7-13-14-10)11(8)12(2,3)4;1-8-5-6-9-7-13-14-11(9)10(8)12(2,3)4;1-11(2,3)9-7(10(13)14)5-4-6-8(9)12;1-11(2,3)9-8(12)5-4-7-6-13-14-10(7)9;1-10(2,3)9-7(11)5-4-6-8(9)12/h4-9,15H,1-3H3;2*5-7H,1-4H3,(H,13,14);4-6,10H,1-3H3;4-6H,1-3H3,(H,13,14);4-6,12H,1-3H3. The largest absolute Gasteiger partial charge is 0.508 e. The number of hydrogen-bond donors (Lipinski definition) is 5. The third-order valence-corrected chi connectivity index (χ3v) is 13.9. The first-order valence-corrected chi connectivity index (χ1v) is 28.0. The number of nitrogens with one attached hydrogen (secondary N) is 3. The third kappa shape index (κ3) is 16.8. The average molecular weight is 1140 g/mol. The molecule has 0 saturated carbocycles. The second-order valence-corrected chi connectivity index (χ2v) is 27.3. The average Bonchev–Trinajstić information content (AvgIpc) is 4.19. The first kappa shape index (κ1) is 66.3. The minimum Gasteiger partial charge on any atom is -0.508 e. The Balaban J connectivity index is 0.000000183. The van der Waals surface area contributed by atoms with Crippen LogP contribution in [0.25, 0.3) is 43.5 Å². The second kappa shape index (κ2) is 25.9. The lowest BCUT2D eigenvalue weighted by Gasteiger charge is -2.23. The van der Waals surface area contributed by atoms with Crippen LogP contribution in [-0.4, -0.2) is 40.8 Å². The molecule has 444 valence electrons. The highest BCUT2D eigenvalue weighted by molar-refractivity contribution is 5.88. The Hall–Kier alpha value is -7.54. The van der Waals surface area contributed by atoms with Crippen LogP contribution >= 0.6 is 0 Å². The van der Waals surface area contributed by atoms with E-state index in [4.69, 9.17) is 0 Å². The summed E-state index contributed by atoms with van der Waals surface area (Å²) in [5.74, 6) is -0.701.